The third kappa shape index (κ3) is 4.77. The monoisotopic (exact) mass is 246 g/mol. The number of nitrogens with zero attached hydrogens (tertiary/aromatic N) is 1. The van der Waals surface area contributed by atoms with Crippen LogP contribution in [0.3, 0.4) is 0 Å². The highest BCUT2D eigenvalue weighted by Crippen LogP contribution is 2.20. The van der Waals surface area contributed by atoms with Crippen molar-refractivity contribution in [2.75, 3.05) is 0 Å². The van der Waals surface area contributed by atoms with Crippen molar-refractivity contribution in [3.05, 3.63) is 29.8 Å². The van der Waals surface area contributed by atoms with Crippen LogP contribution in [-0.4, -0.2) is 11.6 Å². The molecule has 98 valence electrons. The molecule has 0 radical (unpaired) electrons. The first-order valence-electron chi connectivity index (χ1n) is 6.26. The van der Waals surface area contributed by atoms with Crippen LogP contribution in [0.2, 0.25) is 0 Å². The fourth-order valence-corrected chi connectivity index (χ4v) is 1.63. The fraction of sp³-hybridized carbons (Fsp3) is 0.533. The lowest BCUT2D eigenvalue weighted by atomic mass is 10.0. The SMILES string of the molecule is CC(C)Oc1ccc(C(C#N)NC(C)(C)C)cc1. The zero-order chi connectivity index (χ0) is 13.8. The summed E-state index contributed by atoms with van der Waals surface area (Å²) in [6.45, 7) is 10.1. The van der Waals surface area contributed by atoms with Crippen LogP contribution in [0.5, 0.6) is 5.75 Å². The van der Waals surface area contributed by atoms with Crippen molar-refractivity contribution in [1.82, 2.24) is 5.32 Å². The van der Waals surface area contributed by atoms with Crippen molar-refractivity contribution in [3.8, 4) is 11.8 Å². The zero-order valence-electron chi connectivity index (χ0n) is 11.8. The number of nitrogens with one attached hydrogen (secondary N) is 1. The highest BCUT2D eigenvalue weighted by Gasteiger charge is 2.18. The summed E-state index contributed by atoms with van der Waals surface area (Å²) in [5.41, 5.74) is 0.872. The molecule has 0 aliphatic heterocycles. The van der Waals surface area contributed by atoms with Crippen LogP contribution >= 0.6 is 0 Å². The van der Waals surface area contributed by atoms with Gasteiger partial charge in [0.15, 0.2) is 0 Å². The van der Waals surface area contributed by atoms with Gasteiger partial charge < -0.3 is 4.74 Å². The standard InChI is InChI=1S/C15H22N2O/c1-11(2)18-13-8-6-12(7-9-13)14(10-16)17-15(3,4)5/h6-9,11,14,17H,1-5H3. The molecule has 0 aliphatic rings. The average molecular weight is 246 g/mol. The topological polar surface area (TPSA) is 45.0 Å². The number of rotatable bonds is 4. The maximum absolute atomic E-state index is 9.21. The summed E-state index contributed by atoms with van der Waals surface area (Å²) in [4.78, 5) is 0. The molecule has 0 bridgehead atoms. The van der Waals surface area contributed by atoms with Gasteiger partial charge in [-0.2, -0.15) is 5.26 Å². The van der Waals surface area contributed by atoms with Gasteiger partial charge in [0.05, 0.1) is 12.2 Å². The van der Waals surface area contributed by atoms with Crippen molar-refractivity contribution >= 4 is 0 Å². The Labute approximate surface area is 110 Å². The van der Waals surface area contributed by atoms with E-state index >= 15 is 0 Å². The number of nitriles is 1. The van der Waals surface area contributed by atoms with Crippen molar-refractivity contribution in [1.29, 1.82) is 5.26 Å². The Bertz CT molecular complexity index is 410. The minimum absolute atomic E-state index is 0.0898. The number of benzene rings is 1. The quantitative estimate of drug-likeness (QED) is 0.885. The molecule has 0 saturated heterocycles. The molecule has 0 heterocycles. The minimum Gasteiger partial charge on any atom is -0.491 e. The molecule has 3 heteroatoms. The molecular weight excluding hydrogens is 224 g/mol. The highest BCUT2D eigenvalue weighted by molar-refractivity contribution is 5.32. The van der Waals surface area contributed by atoms with Crippen LogP contribution < -0.4 is 10.1 Å². The van der Waals surface area contributed by atoms with Crippen LogP contribution in [0.25, 0.3) is 0 Å². The van der Waals surface area contributed by atoms with Gasteiger partial charge >= 0.3 is 0 Å². The summed E-state index contributed by atoms with van der Waals surface area (Å²) in [7, 11) is 0. The van der Waals surface area contributed by atoms with E-state index in [1.165, 1.54) is 0 Å². The lowest BCUT2D eigenvalue weighted by Gasteiger charge is -2.24. The molecule has 1 N–H and O–H groups in total. The molecular formula is C15H22N2O. The first kappa shape index (κ1) is 14.5. The van der Waals surface area contributed by atoms with Crippen molar-refractivity contribution < 1.29 is 4.74 Å². The Morgan fingerprint density at radius 1 is 1.17 bits per heavy atom. The second-order valence-electron chi connectivity index (χ2n) is 5.69. The molecule has 0 aliphatic carbocycles. The van der Waals surface area contributed by atoms with E-state index in [1.807, 2.05) is 58.9 Å². The summed E-state index contributed by atoms with van der Waals surface area (Å²) >= 11 is 0. The molecule has 1 rings (SSSR count). The summed E-state index contributed by atoms with van der Waals surface area (Å²) in [6.07, 6.45) is 0.162. The lowest BCUT2D eigenvalue weighted by Crippen LogP contribution is -2.38. The fourth-order valence-electron chi connectivity index (χ4n) is 1.63. The van der Waals surface area contributed by atoms with Gasteiger partial charge in [0.2, 0.25) is 0 Å². The lowest BCUT2D eigenvalue weighted by molar-refractivity contribution is 0.242. The predicted molar refractivity (Wildman–Crippen MR) is 73.4 cm³/mol. The second-order valence-corrected chi connectivity index (χ2v) is 5.69. The smallest absolute Gasteiger partial charge is 0.121 e. The summed E-state index contributed by atoms with van der Waals surface area (Å²) in [6, 6.07) is 9.67. The van der Waals surface area contributed by atoms with E-state index in [0.29, 0.717) is 0 Å². The van der Waals surface area contributed by atoms with Crippen LogP contribution in [0, 0.1) is 11.3 Å². The van der Waals surface area contributed by atoms with E-state index in [-0.39, 0.29) is 17.7 Å². The Morgan fingerprint density at radius 2 is 1.72 bits per heavy atom. The first-order valence-corrected chi connectivity index (χ1v) is 6.26. The van der Waals surface area contributed by atoms with E-state index in [4.69, 9.17) is 4.74 Å². The maximum Gasteiger partial charge on any atom is 0.121 e. The summed E-state index contributed by atoms with van der Waals surface area (Å²) < 4.78 is 5.58. The molecule has 0 amide bonds. The zero-order valence-corrected chi connectivity index (χ0v) is 11.8. The Hall–Kier alpha value is -1.53. The van der Waals surface area contributed by atoms with E-state index < -0.39 is 0 Å². The van der Waals surface area contributed by atoms with E-state index in [1.54, 1.807) is 0 Å². The van der Waals surface area contributed by atoms with Crippen LogP contribution in [-0.2, 0) is 0 Å². The molecule has 1 unspecified atom stereocenters. The molecule has 0 spiro atoms. The molecule has 0 saturated carbocycles. The summed E-state index contributed by atoms with van der Waals surface area (Å²) in [5, 5.41) is 12.5. The van der Waals surface area contributed by atoms with Gasteiger partial charge in [-0.25, -0.2) is 0 Å². The van der Waals surface area contributed by atoms with Gasteiger partial charge in [-0.1, -0.05) is 12.1 Å². The largest absolute Gasteiger partial charge is 0.491 e. The normalized spacial score (nSPS) is 13.2. The maximum atomic E-state index is 9.21. The molecule has 1 aromatic rings. The van der Waals surface area contributed by atoms with E-state index in [0.717, 1.165) is 11.3 Å². The second kappa shape index (κ2) is 5.88. The van der Waals surface area contributed by atoms with Crippen molar-refractivity contribution in [3.63, 3.8) is 0 Å². The van der Waals surface area contributed by atoms with Gasteiger partial charge in [-0.05, 0) is 52.3 Å². The third-order valence-electron chi connectivity index (χ3n) is 2.29. The van der Waals surface area contributed by atoms with Gasteiger partial charge in [0, 0.05) is 5.54 Å². The van der Waals surface area contributed by atoms with Crippen molar-refractivity contribution in [2.45, 2.75) is 52.3 Å². The van der Waals surface area contributed by atoms with Crippen LogP contribution in [0.4, 0.5) is 0 Å². The molecule has 18 heavy (non-hydrogen) atoms. The molecule has 1 aromatic carbocycles. The Morgan fingerprint density at radius 3 is 2.11 bits per heavy atom. The Balaban J connectivity index is 2.80. The van der Waals surface area contributed by atoms with Gasteiger partial charge in [-0.15, -0.1) is 0 Å². The van der Waals surface area contributed by atoms with E-state index in [2.05, 4.69) is 11.4 Å². The van der Waals surface area contributed by atoms with Crippen LogP contribution in [0.15, 0.2) is 24.3 Å². The highest BCUT2D eigenvalue weighted by atomic mass is 16.5. The summed E-state index contributed by atoms with van der Waals surface area (Å²) in [5.74, 6) is 0.834. The predicted octanol–water partition coefficient (Wildman–Crippen LogP) is 3.43. The molecule has 0 fully saturated rings. The molecule has 3 nitrogen and oxygen atoms in total. The Kier molecular flexibility index (Phi) is 4.75. The molecule has 1 atom stereocenters. The van der Waals surface area contributed by atoms with E-state index in [9.17, 15) is 5.26 Å². The number of hydrogen-bond donors (Lipinski definition) is 1. The third-order valence-corrected chi connectivity index (χ3v) is 2.29. The van der Waals surface area contributed by atoms with Gasteiger partial charge in [0.1, 0.15) is 11.8 Å². The number of ether oxygens (including phenoxy) is 1. The molecule has 0 aromatic heterocycles. The average Bonchev–Trinajstić information content (AvgIpc) is 2.25. The first-order chi connectivity index (χ1) is 8.31. The number of hydrogen-bond acceptors (Lipinski definition) is 3. The van der Waals surface area contributed by atoms with Crippen molar-refractivity contribution in [2.24, 2.45) is 0 Å². The van der Waals surface area contributed by atoms with Gasteiger partial charge in [0.25, 0.3) is 0 Å². The van der Waals surface area contributed by atoms with Crippen LogP contribution in [0.1, 0.15) is 46.2 Å². The van der Waals surface area contributed by atoms with Gasteiger partial charge in [-0.3, -0.25) is 5.32 Å². The minimum atomic E-state index is -0.293.